The van der Waals surface area contributed by atoms with Gasteiger partial charge in [0.25, 0.3) is 5.56 Å². The van der Waals surface area contributed by atoms with Gasteiger partial charge in [0.05, 0.1) is 11.2 Å². The molecule has 0 fully saturated rings. The Bertz CT molecular complexity index is 1130. The molecule has 0 spiro atoms. The third kappa shape index (κ3) is 3.16. The number of aromatic nitrogens is 3. The van der Waals surface area contributed by atoms with E-state index in [1.54, 1.807) is 36.8 Å². The summed E-state index contributed by atoms with van der Waals surface area (Å²) in [5, 5.41) is 1.57. The maximum Gasteiger partial charge on any atom is 0.275 e. The summed E-state index contributed by atoms with van der Waals surface area (Å²) < 4.78 is 2.13. The highest BCUT2D eigenvalue weighted by Gasteiger charge is 2.15. The second-order valence-electron chi connectivity index (χ2n) is 5.32. The zero-order valence-electron chi connectivity index (χ0n) is 14.6. The number of hydrogen-bond acceptors (Lipinski definition) is 4. The molecule has 132 valence electrons. The molecule has 6 heteroatoms. The van der Waals surface area contributed by atoms with Crippen molar-refractivity contribution in [3.05, 3.63) is 76.5 Å². The molecule has 4 rings (SSSR count). The second-order valence-corrected chi connectivity index (χ2v) is 6.75. The molecule has 4 nitrogen and oxygen atoms in total. The zero-order valence-corrected chi connectivity index (χ0v) is 16.1. The minimum atomic E-state index is -0.102. The number of rotatable bonds is 3. The van der Waals surface area contributed by atoms with E-state index in [2.05, 4.69) is 16.5 Å². The topological polar surface area (TPSA) is 47.8 Å². The molecule has 0 unspecified atom stereocenters. The number of allylic oxidation sites excluding steroid dienone is 1. The summed E-state index contributed by atoms with van der Waals surface area (Å²) in [6.45, 7) is 7.79. The van der Waals surface area contributed by atoms with Gasteiger partial charge in [0.2, 0.25) is 0 Å². The van der Waals surface area contributed by atoms with E-state index in [9.17, 15) is 4.79 Å². The van der Waals surface area contributed by atoms with Gasteiger partial charge in [-0.3, -0.25) is 9.36 Å². The van der Waals surface area contributed by atoms with E-state index in [0.717, 1.165) is 21.5 Å². The molecule has 0 radical (unpaired) electrons. The second kappa shape index (κ2) is 7.81. The van der Waals surface area contributed by atoms with Gasteiger partial charge in [0.1, 0.15) is 15.9 Å². The van der Waals surface area contributed by atoms with Crippen molar-refractivity contribution in [2.75, 3.05) is 0 Å². The molecular weight excluding hydrogens is 366 g/mol. The van der Waals surface area contributed by atoms with Crippen molar-refractivity contribution in [1.82, 2.24) is 14.5 Å². The van der Waals surface area contributed by atoms with Crippen LogP contribution in [0.3, 0.4) is 0 Å². The van der Waals surface area contributed by atoms with E-state index in [1.807, 2.05) is 26.0 Å². The number of nitrogens with zero attached hydrogens (tertiary/aromatic N) is 3. The van der Waals surface area contributed by atoms with Gasteiger partial charge in [-0.25, -0.2) is 9.97 Å². The summed E-state index contributed by atoms with van der Waals surface area (Å²) in [6, 6.07) is 9.05. The molecule has 0 atom stereocenters. The van der Waals surface area contributed by atoms with Crippen LogP contribution in [0.2, 0.25) is 5.02 Å². The lowest BCUT2D eigenvalue weighted by molar-refractivity contribution is 0.967. The summed E-state index contributed by atoms with van der Waals surface area (Å²) in [4.78, 5) is 22.7. The quantitative estimate of drug-likeness (QED) is 0.445. The fourth-order valence-corrected chi connectivity index (χ4v) is 3.93. The van der Waals surface area contributed by atoms with Crippen LogP contribution in [0, 0.1) is 0 Å². The summed E-state index contributed by atoms with van der Waals surface area (Å²) in [7, 11) is 0. The zero-order chi connectivity index (χ0) is 18.7. The standard InChI is InChI=1S/C18H12ClN3OS.C2H6/c1-2-3-11-8-9-20-17-14(11)15-16(24-17)18(23)22(10-21-15)13-6-4-12(19)5-7-13;1-2/h2,4-10H,1,3H2;1-2H3. The Morgan fingerprint density at radius 3 is 2.62 bits per heavy atom. The van der Waals surface area contributed by atoms with E-state index in [0.29, 0.717) is 21.7 Å². The molecule has 0 amide bonds. The first-order valence-corrected chi connectivity index (χ1v) is 9.53. The van der Waals surface area contributed by atoms with Gasteiger partial charge in [0.15, 0.2) is 0 Å². The molecule has 0 aliphatic heterocycles. The van der Waals surface area contributed by atoms with Crippen LogP contribution in [0.15, 0.2) is 60.3 Å². The van der Waals surface area contributed by atoms with Gasteiger partial charge >= 0.3 is 0 Å². The van der Waals surface area contributed by atoms with Crippen molar-refractivity contribution >= 4 is 43.4 Å². The van der Waals surface area contributed by atoms with E-state index in [4.69, 9.17) is 11.6 Å². The predicted octanol–water partition coefficient (Wildman–Crippen LogP) is 5.40. The summed E-state index contributed by atoms with van der Waals surface area (Å²) in [6.07, 6.45) is 5.87. The molecule has 3 heterocycles. The first-order valence-electron chi connectivity index (χ1n) is 8.33. The molecule has 1 aromatic carbocycles. The number of thiophene rings is 1. The van der Waals surface area contributed by atoms with E-state index in [1.165, 1.54) is 15.9 Å². The molecule has 0 saturated heterocycles. The van der Waals surface area contributed by atoms with Crippen LogP contribution < -0.4 is 5.56 Å². The Balaban J connectivity index is 0.000000948. The number of halogens is 1. The molecule has 0 saturated carbocycles. The smallest absolute Gasteiger partial charge is 0.267 e. The normalized spacial score (nSPS) is 10.6. The molecule has 0 aliphatic carbocycles. The highest BCUT2D eigenvalue weighted by Crippen LogP contribution is 2.31. The fourth-order valence-electron chi connectivity index (χ4n) is 2.73. The number of fused-ring (bicyclic) bond motifs is 3. The minimum Gasteiger partial charge on any atom is -0.267 e. The van der Waals surface area contributed by atoms with Crippen molar-refractivity contribution in [2.24, 2.45) is 0 Å². The number of benzene rings is 1. The van der Waals surface area contributed by atoms with Gasteiger partial charge < -0.3 is 0 Å². The number of hydrogen-bond donors (Lipinski definition) is 0. The van der Waals surface area contributed by atoms with Crippen LogP contribution >= 0.6 is 22.9 Å². The molecule has 0 N–H and O–H groups in total. The monoisotopic (exact) mass is 383 g/mol. The van der Waals surface area contributed by atoms with Gasteiger partial charge in [-0.1, -0.05) is 31.5 Å². The lowest BCUT2D eigenvalue weighted by Gasteiger charge is -2.05. The molecule has 4 aromatic rings. The highest BCUT2D eigenvalue weighted by atomic mass is 35.5. The minimum absolute atomic E-state index is 0.102. The average Bonchev–Trinajstić information content (AvgIpc) is 3.06. The Morgan fingerprint density at radius 1 is 1.19 bits per heavy atom. The highest BCUT2D eigenvalue weighted by molar-refractivity contribution is 7.25. The van der Waals surface area contributed by atoms with Crippen LogP contribution in [0.4, 0.5) is 0 Å². The summed E-state index contributed by atoms with van der Waals surface area (Å²) in [5.74, 6) is 0. The Hall–Kier alpha value is -2.50. The predicted molar refractivity (Wildman–Crippen MR) is 111 cm³/mol. The third-order valence-corrected chi connectivity index (χ3v) is 5.16. The SMILES string of the molecule is C=CCc1ccnc2sc3c(=O)n(-c4ccc(Cl)cc4)cnc3c12.CC. The summed E-state index contributed by atoms with van der Waals surface area (Å²) in [5.41, 5.74) is 2.41. The van der Waals surface area contributed by atoms with E-state index < -0.39 is 0 Å². The summed E-state index contributed by atoms with van der Waals surface area (Å²) >= 11 is 7.29. The Kier molecular flexibility index (Phi) is 5.49. The maximum absolute atomic E-state index is 12.9. The molecule has 0 aliphatic rings. The fraction of sp³-hybridized carbons (Fsp3) is 0.150. The van der Waals surface area contributed by atoms with Crippen LogP contribution in [-0.2, 0) is 6.42 Å². The average molecular weight is 384 g/mol. The first-order chi connectivity index (χ1) is 12.7. The maximum atomic E-state index is 12.9. The molecular formula is C20H18ClN3OS. The van der Waals surface area contributed by atoms with Gasteiger partial charge in [-0.15, -0.1) is 17.9 Å². The largest absolute Gasteiger partial charge is 0.275 e. The van der Waals surface area contributed by atoms with Crippen molar-refractivity contribution in [3.63, 3.8) is 0 Å². The van der Waals surface area contributed by atoms with Crippen LogP contribution in [0.1, 0.15) is 19.4 Å². The third-order valence-electron chi connectivity index (χ3n) is 3.84. The molecule has 0 bridgehead atoms. The van der Waals surface area contributed by atoms with Gasteiger partial charge in [-0.2, -0.15) is 0 Å². The van der Waals surface area contributed by atoms with Crippen molar-refractivity contribution in [1.29, 1.82) is 0 Å². The Morgan fingerprint density at radius 2 is 1.92 bits per heavy atom. The number of pyridine rings is 1. The Labute approximate surface area is 160 Å². The first kappa shape index (κ1) is 18.3. The van der Waals surface area contributed by atoms with Crippen molar-refractivity contribution in [2.45, 2.75) is 20.3 Å². The van der Waals surface area contributed by atoms with Crippen LogP contribution in [0.5, 0.6) is 0 Å². The van der Waals surface area contributed by atoms with Crippen molar-refractivity contribution in [3.8, 4) is 5.69 Å². The lowest BCUT2D eigenvalue weighted by Crippen LogP contribution is -2.17. The van der Waals surface area contributed by atoms with Gasteiger partial charge in [-0.05, 0) is 42.3 Å². The van der Waals surface area contributed by atoms with E-state index in [-0.39, 0.29) is 5.56 Å². The molecule has 26 heavy (non-hydrogen) atoms. The van der Waals surface area contributed by atoms with Crippen molar-refractivity contribution < 1.29 is 0 Å². The van der Waals surface area contributed by atoms with E-state index >= 15 is 0 Å². The lowest BCUT2D eigenvalue weighted by atomic mass is 10.1. The van der Waals surface area contributed by atoms with Crippen LogP contribution in [0.25, 0.3) is 26.1 Å². The van der Waals surface area contributed by atoms with Gasteiger partial charge in [0, 0.05) is 16.6 Å². The molecule has 3 aromatic heterocycles. The van der Waals surface area contributed by atoms with Crippen LogP contribution in [-0.4, -0.2) is 14.5 Å².